The second kappa shape index (κ2) is 4.99. The van der Waals surface area contributed by atoms with Crippen LogP contribution in [-0.2, 0) is 0 Å². The highest BCUT2D eigenvalue weighted by Gasteiger charge is 2.11. The molecule has 1 unspecified atom stereocenters. The first-order valence-electron chi connectivity index (χ1n) is 5.29. The molecule has 1 heterocycles. The molecule has 2 heteroatoms. The van der Waals surface area contributed by atoms with E-state index in [-0.39, 0.29) is 0 Å². The highest BCUT2D eigenvalue weighted by Crippen LogP contribution is 2.26. The van der Waals surface area contributed by atoms with Crippen LogP contribution in [0.25, 0.3) is 0 Å². The fourth-order valence-electron chi connectivity index (χ4n) is 1.39. The third-order valence-electron chi connectivity index (χ3n) is 2.40. The Hall–Kier alpha value is -1.05. The lowest BCUT2D eigenvalue weighted by Gasteiger charge is -2.14. The Balaban J connectivity index is 3.02. The van der Waals surface area contributed by atoms with Crippen molar-refractivity contribution in [1.82, 2.24) is 4.98 Å². The van der Waals surface area contributed by atoms with Crippen molar-refractivity contribution in [3.8, 4) is 5.75 Å². The topological polar surface area (TPSA) is 22.1 Å². The predicted octanol–water partition coefficient (Wildman–Crippen LogP) is 3.30. The maximum absolute atomic E-state index is 5.55. The number of pyridine rings is 1. The molecular weight excluding hydrogens is 174 g/mol. The van der Waals surface area contributed by atoms with Crippen LogP contribution in [0.3, 0.4) is 0 Å². The maximum Gasteiger partial charge on any atom is 0.141 e. The van der Waals surface area contributed by atoms with Crippen LogP contribution in [0, 0.1) is 6.92 Å². The van der Waals surface area contributed by atoms with E-state index in [0.29, 0.717) is 12.5 Å². The largest absolute Gasteiger partial charge is 0.492 e. The molecule has 0 aromatic carbocycles. The SMILES string of the molecule is CCOc1ccc(C)nc1C(C)CC. The van der Waals surface area contributed by atoms with Gasteiger partial charge in [-0.25, -0.2) is 0 Å². The van der Waals surface area contributed by atoms with Crippen molar-refractivity contribution >= 4 is 0 Å². The zero-order valence-electron chi connectivity index (χ0n) is 9.50. The van der Waals surface area contributed by atoms with Crippen LogP contribution in [0.2, 0.25) is 0 Å². The van der Waals surface area contributed by atoms with Gasteiger partial charge >= 0.3 is 0 Å². The van der Waals surface area contributed by atoms with E-state index >= 15 is 0 Å². The van der Waals surface area contributed by atoms with Gasteiger partial charge in [0.25, 0.3) is 0 Å². The number of nitrogens with zero attached hydrogens (tertiary/aromatic N) is 1. The predicted molar refractivity (Wildman–Crippen MR) is 58.8 cm³/mol. The van der Waals surface area contributed by atoms with Crippen molar-refractivity contribution < 1.29 is 4.74 Å². The highest BCUT2D eigenvalue weighted by molar-refractivity contribution is 5.31. The van der Waals surface area contributed by atoms with Gasteiger partial charge in [-0.3, -0.25) is 4.98 Å². The Morgan fingerprint density at radius 2 is 2.07 bits per heavy atom. The van der Waals surface area contributed by atoms with Crippen molar-refractivity contribution in [3.05, 3.63) is 23.5 Å². The quantitative estimate of drug-likeness (QED) is 0.732. The van der Waals surface area contributed by atoms with Gasteiger partial charge in [-0.15, -0.1) is 0 Å². The van der Waals surface area contributed by atoms with Crippen molar-refractivity contribution in [2.75, 3.05) is 6.61 Å². The third-order valence-corrected chi connectivity index (χ3v) is 2.40. The van der Waals surface area contributed by atoms with Gasteiger partial charge in [0.15, 0.2) is 0 Å². The van der Waals surface area contributed by atoms with Crippen molar-refractivity contribution in [2.24, 2.45) is 0 Å². The second-order valence-corrected chi connectivity index (χ2v) is 3.58. The average Bonchev–Trinajstić information content (AvgIpc) is 2.20. The van der Waals surface area contributed by atoms with E-state index in [4.69, 9.17) is 4.74 Å². The van der Waals surface area contributed by atoms with Gasteiger partial charge in [0.1, 0.15) is 5.75 Å². The summed E-state index contributed by atoms with van der Waals surface area (Å²) in [6.07, 6.45) is 1.09. The number of aromatic nitrogens is 1. The fraction of sp³-hybridized carbons (Fsp3) is 0.583. The first kappa shape index (κ1) is 11.0. The van der Waals surface area contributed by atoms with Crippen LogP contribution < -0.4 is 4.74 Å². The molecule has 2 nitrogen and oxygen atoms in total. The summed E-state index contributed by atoms with van der Waals surface area (Å²) in [6.45, 7) is 9.07. The molecule has 78 valence electrons. The summed E-state index contributed by atoms with van der Waals surface area (Å²) in [5, 5.41) is 0. The van der Waals surface area contributed by atoms with Crippen LogP contribution in [0.1, 0.15) is 44.5 Å². The molecule has 0 amide bonds. The molecule has 1 aromatic heterocycles. The summed E-state index contributed by atoms with van der Waals surface area (Å²) >= 11 is 0. The molecule has 0 fully saturated rings. The molecular formula is C12H19NO. The normalized spacial score (nSPS) is 12.6. The fourth-order valence-corrected chi connectivity index (χ4v) is 1.39. The zero-order valence-corrected chi connectivity index (χ0v) is 9.50. The van der Waals surface area contributed by atoms with Crippen LogP contribution in [0.4, 0.5) is 0 Å². The van der Waals surface area contributed by atoms with Gasteiger partial charge in [0.2, 0.25) is 0 Å². The van der Waals surface area contributed by atoms with E-state index in [1.54, 1.807) is 0 Å². The molecule has 0 N–H and O–H groups in total. The van der Waals surface area contributed by atoms with Crippen LogP contribution in [0.5, 0.6) is 5.75 Å². The molecule has 0 saturated heterocycles. The van der Waals surface area contributed by atoms with Gasteiger partial charge in [-0.1, -0.05) is 13.8 Å². The van der Waals surface area contributed by atoms with E-state index in [0.717, 1.165) is 23.6 Å². The van der Waals surface area contributed by atoms with E-state index < -0.39 is 0 Å². The molecule has 0 aliphatic heterocycles. The summed E-state index contributed by atoms with van der Waals surface area (Å²) in [5.41, 5.74) is 2.15. The number of aryl methyl sites for hydroxylation is 1. The van der Waals surface area contributed by atoms with Gasteiger partial charge in [-0.2, -0.15) is 0 Å². The van der Waals surface area contributed by atoms with Crippen LogP contribution >= 0.6 is 0 Å². The Morgan fingerprint density at radius 1 is 1.36 bits per heavy atom. The Labute approximate surface area is 86.3 Å². The van der Waals surface area contributed by atoms with E-state index in [9.17, 15) is 0 Å². The zero-order chi connectivity index (χ0) is 10.6. The number of hydrogen-bond acceptors (Lipinski definition) is 2. The Bertz CT molecular complexity index is 296. The molecule has 0 aliphatic rings. The second-order valence-electron chi connectivity index (χ2n) is 3.58. The molecule has 1 aromatic rings. The van der Waals surface area contributed by atoms with Crippen LogP contribution in [0.15, 0.2) is 12.1 Å². The summed E-state index contributed by atoms with van der Waals surface area (Å²) in [4.78, 5) is 4.54. The monoisotopic (exact) mass is 193 g/mol. The van der Waals surface area contributed by atoms with Crippen molar-refractivity contribution in [2.45, 2.75) is 40.0 Å². The van der Waals surface area contributed by atoms with Crippen molar-refractivity contribution in [3.63, 3.8) is 0 Å². The summed E-state index contributed by atoms with van der Waals surface area (Å²) in [6, 6.07) is 4.02. The highest BCUT2D eigenvalue weighted by atomic mass is 16.5. The molecule has 1 rings (SSSR count). The Kier molecular flexibility index (Phi) is 3.93. The molecule has 14 heavy (non-hydrogen) atoms. The summed E-state index contributed by atoms with van der Waals surface area (Å²) in [5.74, 6) is 1.41. The van der Waals surface area contributed by atoms with Gasteiger partial charge < -0.3 is 4.74 Å². The van der Waals surface area contributed by atoms with Gasteiger partial charge in [0.05, 0.1) is 12.3 Å². The smallest absolute Gasteiger partial charge is 0.141 e. The first-order chi connectivity index (χ1) is 6.69. The average molecular weight is 193 g/mol. The van der Waals surface area contributed by atoms with E-state index in [1.165, 1.54) is 0 Å². The maximum atomic E-state index is 5.55. The standard InChI is InChI=1S/C12H19NO/c1-5-9(3)12-11(14-6-2)8-7-10(4)13-12/h7-9H,5-6H2,1-4H3. The third kappa shape index (κ3) is 2.47. The lowest BCUT2D eigenvalue weighted by Crippen LogP contribution is -2.03. The lowest BCUT2D eigenvalue weighted by atomic mass is 10.0. The number of ether oxygens (including phenoxy) is 1. The summed E-state index contributed by atoms with van der Waals surface area (Å²) < 4.78 is 5.55. The molecule has 0 bridgehead atoms. The van der Waals surface area contributed by atoms with Gasteiger partial charge in [0, 0.05) is 11.6 Å². The number of rotatable bonds is 4. The molecule has 1 atom stereocenters. The molecule has 0 spiro atoms. The molecule has 0 saturated carbocycles. The lowest BCUT2D eigenvalue weighted by molar-refractivity contribution is 0.331. The van der Waals surface area contributed by atoms with E-state index in [2.05, 4.69) is 18.8 Å². The first-order valence-corrected chi connectivity index (χ1v) is 5.29. The van der Waals surface area contributed by atoms with Gasteiger partial charge in [-0.05, 0) is 32.4 Å². The minimum atomic E-state index is 0.469. The van der Waals surface area contributed by atoms with Crippen molar-refractivity contribution in [1.29, 1.82) is 0 Å². The minimum Gasteiger partial charge on any atom is -0.492 e. The summed E-state index contributed by atoms with van der Waals surface area (Å²) in [7, 11) is 0. The number of hydrogen-bond donors (Lipinski definition) is 0. The minimum absolute atomic E-state index is 0.469. The molecule has 0 radical (unpaired) electrons. The molecule has 0 aliphatic carbocycles. The van der Waals surface area contributed by atoms with E-state index in [1.807, 2.05) is 26.0 Å². The Morgan fingerprint density at radius 3 is 2.64 bits per heavy atom. The van der Waals surface area contributed by atoms with Crippen LogP contribution in [-0.4, -0.2) is 11.6 Å².